The van der Waals surface area contributed by atoms with Gasteiger partial charge in [0.2, 0.25) is 15.9 Å². The number of aryl methyl sites for hydroxylation is 1. The Bertz CT molecular complexity index is 735. The van der Waals surface area contributed by atoms with Gasteiger partial charge in [0.1, 0.15) is 0 Å². The Labute approximate surface area is 157 Å². The van der Waals surface area contributed by atoms with Gasteiger partial charge >= 0.3 is 0 Å². The van der Waals surface area contributed by atoms with Crippen molar-refractivity contribution < 1.29 is 13.2 Å². The van der Waals surface area contributed by atoms with Crippen LogP contribution in [-0.2, 0) is 14.8 Å². The van der Waals surface area contributed by atoms with Gasteiger partial charge in [-0.3, -0.25) is 4.79 Å². The van der Waals surface area contributed by atoms with E-state index < -0.39 is 10.0 Å². The van der Waals surface area contributed by atoms with Crippen LogP contribution in [0, 0.1) is 12.8 Å². The van der Waals surface area contributed by atoms with Crippen molar-refractivity contribution >= 4 is 15.9 Å². The molecule has 0 aliphatic carbocycles. The molecule has 6 heteroatoms. The van der Waals surface area contributed by atoms with Crippen molar-refractivity contribution in [2.45, 2.75) is 69.9 Å². The van der Waals surface area contributed by atoms with E-state index in [1.165, 1.54) is 4.31 Å². The molecule has 1 amide bonds. The molecule has 0 radical (unpaired) electrons. The lowest BCUT2D eigenvalue weighted by Crippen LogP contribution is -2.53. The lowest BCUT2D eigenvalue weighted by molar-refractivity contribution is -0.143. The summed E-state index contributed by atoms with van der Waals surface area (Å²) in [5.74, 6) is -0.0968. The third-order valence-electron chi connectivity index (χ3n) is 5.84. The summed E-state index contributed by atoms with van der Waals surface area (Å²) < 4.78 is 27.4. The number of likely N-dealkylation sites (tertiary alicyclic amines) is 1. The molecule has 2 heterocycles. The third kappa shape index (κ3) is 3.81. The zero-order valence-corrected chi connectivity index (χ0v) is 16.8. The standard InChI is InChI=1S/C20H30N2O3S/c1-15-9-11-19(12-10-15)26(24,25)21-13-5-8-18(14-21)20(23)22-16(2)6-4-7-17(22)3/h9-12,16-18H,4-8,13-14H2,1-3H3/t16-,17+,18-/m0/s1. The Morgan fingerprint density at radius 1 is 1.00 bits per heavy atom. The first kappa shape index (κ1) is 19.4. The van der Waals surface area contributed by atoms with Gasteiger partial charge in [-0.2, -0.15) is 4.31 Å². The van der Waals surface area contributed by atoms with Gasteiger partial charge in [-0.1, -0.05) is 17.7 Å². The summed E-state index contributed by atoms with van der Waals surface area (Å²) in [6, 6.07) is 7.44. The van der Waals surface area contributed by atoms with Crippen LogP contribution in [0.4, 0.5) is 0 Å². The van der Waals surface area contributed by atoms with Gasteiger partial charge in [-0.15, -0.1) is 0 Å². The molecule has 1 aromatic carbocycles. The predicted octanol–water partition coefficient (Wildman–Crippen LogP) is 3.19. The SMILES string of the molecule is Cc1ccc(S(=O)(=O)N2CCC[C@H](C(=O)N3[C@H](C)CCC[C@@H]3C)C2)cc1. The normalized spacial score (nSPS) is 28.1. The molecular formula is C20H30N2O3S. The van der Waals surface area contributed by atoms with Crippen molar-refractivity contribution in [3.05, 3.63) is 29.8 Å². The van der Waals surface area contributed by atoms with E-state index in [1.807, 2.05) is 24.0 Å². The predicted molar refractivity (Wildman–Crippen MR) is 102 cm³/mol. The van der Waals surface area contributed by atoms with E-state index in [1.54, 1.807) is 12.1 Å². The highest BCUT2D eigenvalue weighted by Crippen LogP contribution is 2.29. The van der Waals surface area contributed by atoms with Crippen LogP contribution >= 0.6 is 0 Å². The van der Waals surface area contributed by atoms with E-state index in [4.69, 9.17) is 0 Å². The molecular weight excluding hydrogens is 348 g/mol. The van der Waals surface area contributed by atoms with Gasteiger partial charge in [-0.05, 0) is 65.0 Å². The second-order valence-electron chi connectivity index (χ2n) is 7.89. The topological polar surface area (TPSA) is 57.7 Å². The molecule has 0 N–H and O–H groups in total. The molecule has 2 aliphatic rings. The number of benzene rings is 1. The Morgan fingerprint density at radius 3 is 2.23 bits per heavy atom. The molecule has 3 rings (SSSR count). The van der Waals surface area contributed by atoms with Crippen LogP contribution in [0.15, 0.2) is 29.2 Å². The second-order valence-corrected chi connectivity index (χ2v) is 9.83. The Morgan fingerprint density at radius 2 is 1.62 bits per heavy atom. The van der Waals surface area contributed by atoms with Crippen LogP contribution in [0.25, 0.3) is 0 Å². The number of piperidine rings is 2. The number of carbonyl (C=O) groups excluding carboxylic acids is 1. The average molecular weight is 379 g/mol. The molecule has 2 fully saturated rings. The van der Waals surface area contributed by atoms with Crippen LogP contribution in [-0.4, -0.2) is 48.7 Å². The maximum absolute atomic E-state index is 13.1. The second kappa shape index (κ2) is 7.69. The zero-order chi connectivity index (χ0) is 18.9. The van der Waals surface area contributed by atoms with Crippen molar-refractivity contribution in [2.24, 2.45) is 5.92 Å². The fourth-order valence-electron chi connectivity index (χ4n) is 4.29. The number of rotatable bonds is 3. The summed E-state index contributed by atoms with van der Waals surface area (Å²) in [4.78, 5) is 15.5. The lowest BCUT2D eigenvalue weighted by Gasteiger charge is -2.42. The number of sulfonamides is 1. The van der Waals surface area contributed by atoms with E-state index in [-0.39, 0.29) is 23.9 Å². The van der Waals surface area contributed by atoms with Gasteiger partial charge in [0.15, 0.2) is 0 Å². The van der Waals surface area contributed by atoms with Crippen LogP contribution in [0.1, 0.15) is 51.5 Å². The Kier molecular flexibility index (Phi) is 5.72. The van der Waals surface area contributed by atoms with Crippen LogP contribution in [0.3, 0.4) is 0 Å². The van der Waals surface area contributed by atoms with E-state index in [0.717, 1.165) is 37.7 Å². The van der Waals surface area contributed by atoms with Crippen LogP contribution < -0.4 is 0 Å². The summed E-state index contributed by atoms with van der Waals surface area (Å²) >= 11 is 0. The van der Waals surface area contributed by atoms with E-state index in [0.29, 0.717) is 18.0 Å². The van der Waals surface area contributed by atoms with Crippen molar-refractivity contribution in [1.82, 2.24) is 9.21 Å². The van der Waals surface area contributed by atoms with Crippen LogP contribution in [0.2, 0.25) is 0 Å². The molecule has 1 aromatic rings. The van der Waals surface area contributed by atoms with Crippen molar-refractivity contribution in [1.29, 1.82) is 0 Å². The maximum atomic E-state index is 13.1. The van der Waals surface area contributed by atoms with E-state index >= 15 is 0 Å². The fourth-order valence-corrected chi connectivity index (χ4v) is 5.81. The number of hydrogen-bond acceptors (Lipinski definition) is 3. The van der Waals surface area contributed by atoms with E-state index in [2.05, 4.69) is 13.8 Å². The lowest BCUT2D eigenvalue weighted by atomic mass is 9.92. The third-order valence-corrected chi connectivity index (χ3v) is 7.72. The molecule has 144 valence electrons. The largest absolute Gasteiger partial charge is 0.337 e. The molecule has 0 unspecified atom stereocenters. The highest BCUT2D eigenvalue weighted by Gasteiger charge is 2.38. The number of amides is 1. The van der Waals surface area contributed by atoms with E-state index in [9.17, 15) is 13.2 Å². The molecule has 0 aromatic heterocycles. The molecule has 5 nitrogen and oxygen atoms in total. The first-order chi connectivity index (χ1) is 12.3. The minimum Gasteiger partial charge on any atom is -0.337 e. The van der Waals surface area contributed by atoms with Gasteiger partial charge in [0.25, 0.3) is 0 Å². The summed E-state index contributed by atoms with van der Waals surface area (Å²) in [5.41, 5.74) is 1.03. The summed E-state index contributed by atoms with van der Waals surface area (Å²) in [7, 11) is -3.54. The molecule has 26 heavy (non-hydrogen) atoms. The van der Waals surface area contributed by atoms with Gasteiger partial charge in [0, 0.05) is 25.2 Å². The number of carbonyl (C=O) groups is 1. The summed E-state index contributed by atoms with van der Waals surface area (Å²) in [5, 5.41) is 0. The molecule has 0 spiro atoms. The first-order valence-corrected chi connectivity index (χ1v) is 11.1. The number of hydrogen-bond donors (Lipinski definition) is 0. The minimum absolute atomic E-state index is 0.133. The van der Waals surface area contributed by atoms with Gasteiger partial charge in [-0.25, -0.2) is 8.42 Å². The van der Waals surface area contributed by atoms with Crippen LogP contribution in [0.5, 0.6) is 0 Å². The smallest absolute Gasteiger partial charge is 0.243 e. The van der Waals surface area contributed by atoms with Gasteiger partial charge in [0.05, 0.1) is 10.8 Å². The molecule has 2 saturated heterocycles. The van der Waals surface area contributed by atoms with Crippen molar-refractivity contribution in [2.75, 3.05) is 13.1 Å². The molecule has 0 saturated carbocycles. The fraction of sp³-hybridized carbons (Fsp3) is 0.650. The Balaban J connectivity index is 1.76. The summed E-state index contributed by atoms with van der Waals surface area (Å²) in [6.45, 7) is 6.94. The monoisotopic (exact) mass is 378 g/mol. The molecule has 0 bridgehead atoms. The highest BCUT2D eigenvalue weighted by atomic mass is 32.2. The maximum Gasteiger partial charge on any atom is 0.243 e. The van der Waals surface area contributed by atoms with Gasteiger partial charge < -0.3 is 4.90 Å². The van der Waals surface area contributed by atoms with Crippen molar-refractivity contribution in [3.8, 4) is 0 Å². The zero-order valence-electron chi connectivity index (χ0n) is 16.0. The van der Waals surface area contributed by atoms with Crippen molar-refractivity contribution in [3.63, 3.8) is 0 Å². The summed E-state index contributed by atoms with van der Waals surface area (Å²) in [6.07, 6.45) is 4.74. The minimum atomic E-state index is -3.54. The quantitative estimate of drug-likeness (QED) is 0.812. The number of nitrogens with zero attached hydrogens (tertiary/aromatic N) is 2. The molecule has 2 aliphatic heterocycles. The highest BCUT2D eigenvalue weighted by molar-refractivity contribution is 7.89. The Hall–Kier alpha value is -1.40. The molecule has 3 atom stereocenters. The first-order valence-electron chi connectivity index (χ1n) is 9.69. The average Bonchev–Trinajstić information content (AvgIpc) is 2.62.